The first-order chi connectivity index (χ1) is 4.68. The van der Waals surface area contributed by atoms with Crippen molar-refractivity contribution in [3.05, 3.63) is 0 Å². The van der Waals surface area contributed by atoms with Crippen molar-refractivity contribution < 1.29 is 4.79 Å². The minimum Gasteiger partial charge on any atom is -0.345 e. The molecule has 1 aliphatic rings. The molecule has 0 bridgehead atoms. The minimum atomic E-state index is 0.0247. The molecular weight excluding hydrogens is 243 g/mol. The van der Waals surface area contributed by atoms with Crippen LogP contribution in [0.3, 0.4) is 0 Å². The van der Waals surface area contributed by atoms with Crippen LogP contribution in [0.1, 0.15) is 19.3 Å². The van der Waals surface area contributed by atoms with E-state index in [9.17, 15) is 4.79 Å². The molecule has 1 amide bonds. The molecule has 1 saturated carbocycles. The Morgan fingerprint density at radius 3 is 2.70 bits per heavy atom. The lowest BCUT2D eigenvalue weighted by atomic mass is 10.2. The normalized spacial score (nSPS) is 32.2. The fraction of sp³-hybridized carbons (Fsp3) is 0.833. The number of amides is 1. The average Bonchev–Trinajstić information content (AvgIpc) is 2.13. The lowest BCUT2D eigenvalue weighted by Gasteiger charge is -2.08. The molecule has 2 atom stereocenters. The lowest BCUT2D eigenvalue weighted by molar-refractivity contribution is 0.259. The number of carbonyl (C=O) groups excluding carboxylic acids is 1. The van der Waals surface area contributed by atoms with E-state index in [0.717, 1.165) is 19.3 Å². The first-order valence-corrected chi connectivity index (χ1v) is 4.48. The second-order valence-electron chi connectivity index (χ2n) is 2.69. The Hall–Kier alpha value is 0.160. The summed E-state index contributed by atoms with van der Waals surface area (Å²) in [5, 5.41) is 2.84. The second kappa shape index (κ2) is 3.52. The van der Waals surface area contributed by atoms with Gasteiger partial charge < -0.3 is 11.1 Å². The zero-order valence-corrected chi connectivity index (χ0v) is 7.80. The number of halogens is 1. The fourth-order valence-electron chi connectivity index (χ4n) is 1.31. The van der Waals surface area contributed by atoms with Crippen LogP contribution in [0.25, 0.3) is 0 Å². The molecule has 0 radical (unpaired) electrons. The van der Waals surface area contributed by atoms with Crippen LogP contribution in [0.2, 0.25) is 0 Å². The number of nitrogens with one attached hydrogen (secondary N) is 1. The van der Waals surface area contributed by atoms with Gasteiger partial charge in [-0.25, -0.2) is 0 Å². The molecule has 0 saturated heterocycles. The first-order valence-electron chi connectivity index (χ1n) is 3.40. The second-order valence-corrected chi connectivity index (χ2v) is 3.67. The van der Waals surface area contributed by atoms with E-state index in [0.29, 0.717) is 12.1 Å². The zero-order chi connectivity index (χ0) is 7.56. The highest BCUT2D eigenvalue weighted by atomic mass is 127. The monoisotopic (exact) mass is 254 g/mol. The molecule has 10 heavy (non-hydrogen) atoms. The van der Waals surface area contributed by atoms with Gasteiger partial charge in [-0.2, -0.15) is 0 Å². The van der Waals surface area contributed by atoms with Gasteiger partial charge in [-0.05, 0) is 19.3 Å². The topological polar surface area (TPSA) is 55.1 Å². The van der Waals surface area contributed by atoms with Crippen molar-refractivity contribution in [3.8, 4) is 0 Å². The van der Waals surface area contributed by atoms with Gasteiger partial charge >= 0.3 is 0 Å². The maximum Gasteiger partial charge on any atom is 0.280 e. The quantitative estimate of drug-likeness (QED) is 0.417. The molecule has 4 heteroatoms. The molecule has 3 N–H and O–H groups in total. The highest BCUT2D eigenvalue weighted by Crippen LogP contribution is 2.17. The Morgan fingerprint density at radius 2 is 2.30 bits per heavy atom. The zero-order valence-electron chi connectivity index (χ0n) is 5.64. The van der Waals surface area contributed by atoms with Crippen LogP contribution in [0.15, 0.2) is 0 Å². The van der Waals surface area contributed by atoms with Crippen molar-refractivity contribution in [2.45, 2.75) is 31.3 Å². The van der Waals surface area contributed by atoms with Gasteiger partial charge in [0.05, 0.1) is 0 Å². The van der Waals surface area contributed by atoms with Crippen LogP contribution in [-0.2, 0) is 0 Å². The Kier molecular flexibility index (Phi) is 2.91. The van der Waals surface area contributed by atoms with Crippen LogP contribution < -0.4 is 11.1 Å². The van der Waals surface area contributed by atoms with Gasteiger partial charge in [0, 0.05) is 34.7 Å². The molecule has 0 aromatic carbocycles. The van der Waals surface area contributed by atoms with Gasteiger partial charge in [0.1, 0.15) is 0 Å². The van der Waals surface area contributed by atoms with E-state index >= 15 is 0 Å². The molecular formula is C6H11IN2O. The Bertz CT molecular complexity index is 140. The lowest BCUT2D eigenvalue weighted by Crippen LogP contribution is -2.29. The predicted octanol–water partition coefficient (Wildman–Crippen LogP) is 1.01. The summed E-state index contributed by atoms with van der Waals surface area (Å²) >= 11 is 1.75. The Labute approximate surface area is 73.9 Å². The van der Waals surface area contributed by atoms with Crippen LogP contribution in [0, 0.1) is 0 Å². The molecule has 0 aliphatic heterocycles. The molecule has 1 rings (SSSR count). The molecule has 3 nitrogen and oxygen atoms in total. The molecule has 1 fully saturated rings. The van der Waals surface area contributed by atoms with Gasteiger partial charge in [-0.1, -0.05) is 0 Å². The number of carbonyl (C=O) groups is 1. The first kappa shape index (κ1) is 8.26. The van der Waals surface area contributed by atoms with Crippen molar-refractivity contribution in [2.75, 3.05) is 0 Å². The van der Waals surface area contributed by atoms with E-state index in [2.05, 4.69) is 5.32 Å². The number of hydrogen-bond acceptors (Lipinski definition) is 2. The van der Waals surface area contributed by atoms with Gasteiger partial charge in [0.2, 0.25) is 0 Å². The van der Waals surface area contributed by atoms with Crippen molar-refractivity contribution in [2.24, 2.45) is 5.73 Å². The predicted molar refractivity (Wildman–Crippen MR) is 48.2 cm³/mol. The molecule has 0 aromatic rings. The largest absolute Gasteiger partial charge is 0.345 e. The summed E-state index contributed by atoms with van der Waals surface area (Å²) in [7, 11) is 0. The Balaban J connectivity index is 2.24. The number of rotatable bonds is 1. The summed E-state index contributed by atoms with van der Waals surface area (Å²) in [4.78, 5) is 10.5. The van der Waals surface area contributed by atoms with Crippen LogP contribution in [0.4, 0.5) is 4.79 Å². The summed E-state index contributed by atoms with van der Waals surface area (Å²) in [5.74, 6) is 0. The molecule has 0 aromatic heterocycles. The highest BCUT2D eigenvalue weighted by Gasteiger charge is 2.21. The minimum absolute atomic E-state index is 0.0247. The summed E-state index contributed by atoms with van der Waals surface area (Å²) in [5.41, 5.74) is 5.65. The fourth-order valence-corrected chi connectivity index (χ4v) is 1.75. The number of hydrogen-bond donors (Lipinski definition) is 2. The van der Waals surface area contributed by atoms with E-state index < -0.39 is 0 Å². The van der Waals surface area contributed by atoms with Gasteiger partial charge in [-0.15, -0.1) is 0 Å². The van der Waals surface area contributed by atoms with Gasteiger partial charge in [0.25, 0.3) is 3.91 Å². The van der Waals surface area contributed by atoms with E-state index in [1.54, 1.807) is 22.6 Å². The highest BCUT2D eigenvalue weighted by molar-refractivity contribution is 14.1. The van der Waals surface area contributed by atoms with E-state index in [1.807, 2.05) is 0 Å². The third kappa shape index (κ3) is 2.42. The molecule has 0 spiro atoms. The SMILES string of the molecule is NC1CCC(NC(=O)I)C1. The van der Waals surface area contributed by atoms with E-state index in [4.69, 9.17) is 5.73 Å². The maximum atomic E-state index is 10.5. The smallest absolute Gasteiger partial charge is 0.280 e. The van der Waals surface area contributed by atoms with Crippen LogP contribution in [-0.4, -0.2) is 16.0 Å². The van der Waals surface area contributed by atoms with Crippen molar-refractivity contribution in [3.63, 3.8) is 0 Å². The summed E-state index contributed by atoms with van der Waals surface area (Å²) in [6.07, 6.45) is 3.02. The van der Waals surface area contributed by atoms with E-state index in [1.165, 1.54) is 0 Å². The average molecular weight is 254 g/mol. The third-order valence-electron chi connectivity index (χ3n) is 1.79. The van der Waals surface area contributed by atoms with Crippen LogP contribution in [0.5, 0.6) is 0 Å². The summed E-state index contributed by atoms with van der Waals surface area (Å²) < 4.78 is 0.0247. The molecule has 1 aliphatic carbocycles. The third-order valence-corrected chi connectivity index (χ3v) is 2.10. The van der Waals surface area contributed by atoms with Gasteiger partial charge in [0.15, 0.2) is 0 Å². The summed E-state index contributed by atoms with van der Waals surface area (Å²) in [6, 6.07) is 0.632. The Morgan fingerprint density at radius 1 is 1.60 bits per heavy atom. The van der Waals surface area contributed by atoms with Crippen LogP contribution >= 0.6 is 22.6 Å². The van der Waals surface area contributed by atoms with Crippen molar-refractivity contribution in [1.82, 2.24) is 5.32 Å². The molecule has 0 heterocycles. The van der Waals surface area contributed by atoms with E-state index in [-0.39, 0.29) is 3.91 Å². The van der Waals surface area contributed by atoms with Crippen molar-refractivity contribution in [1.29, 1.82) is 0 Å². The van der Waals surface area contributed by atoms with Crippen molar-refractivity contribution >= 4 is 26.5 Å². The number of nitrogens with two attached hydrogens (primary N) is 1. The summed E-state index contributed by atoms with van der Waals surface area (Å²) in [6.45, 7) is 0. The standard InChI is InChI=1S/C6H11IN2O/c7-6(10)9-5-2-1-4(8)3-5/h4-5H,1-3,8H2,(H,9,10). The maximum absolute atomic E-state index is 10.5. The van der Waals surface area contributed by atoms with Gasteiger partial charge in [-0.3, -0.25) is 4.79 Å². The molecule has 2 unspecified atom stereocenters. The molecule has 58 valence electrons.